The Labute approximate surface area is 110 Å². The van der Waals surface area contributed by atoms with Gasteiger partial charge in [0.05, 0.1) is 17.5 Å². The van der Waals surface area contributed by atoms with Crippen molar-refractivity contribution in [3.63, 3.8) is 0 Å². The number of benzene rings is 1. The molecule has 1 aliphatic heterocycles. The van der Waals surface area contributed by atoms with Crippen LogP contribution in [0.1, 0.15) is 12.8 Å². The summed E-state index contributed by atoms with van der Waals surface area (Å²) in [4.78, 5) is 11.1. The number of carboxylic acid groups (broad SMARTS) is 1. The molecule has 0 radical (unpaired) electrons. The Hall–Kier alpha value is -1.76. The normalized spacial score (nSPS) is 22.5. The third-order valence-electron chi connectivity index (χ3n) is 3.26. The molecule has 7 heteroatoms. The summed E-state index contributed by atoms with van der Waals surface area (Å²) in [5, 5.41) is 8.67. The van der Waals surface area contributed by atoms with Crippen LogP contribution >= 0.6 is 0 Å². The van der Waals surface area contributed by atoms with Gasteiger partial charge >= 0.3 is 5.97 Å². The number of carbonyl (C=O) groups is 1. The van der Waals surface area contributed by atoms with Crippen LogP contribution in [0, 0.1) is 0 Å². The summed E-state index contributed by atoms with van der Waals surface area (Å²) in [6, 6.07) is 6.61. The van der Waals surface area contributed by atoms with Gasteiger partial charge in [0, 0.05) is 0 Å². The van der Waals surface area contributed by atoms with Crippen LogP contribution in [0.5, 0.6) is 5.75 Å². The summed E-state index contributed by atoms with van der Waals surface area (Å²) in [7, 11) is -3.48. The molecule has 0 spiro atoms. The van der Waals surface area contributed by atoms with Crippen molar-refractivity contribution in [1.82, 2.24) is 0 Å². The van der Waals surface area contributed by atoms with Gasteiger partial charge in [-0.2, -0.15) is 0 Å². The number of rotatable bonds is 3. The van der Waals surface area contributed by atoms with E-state index in [-0.39, 0.29) is 11.8 Å². The molecule has 1 atom stereocenters. The van der Waals surface area contributed by atoms with Crippen LogP contribution in [0.15, 0.2) is 24.3 Å². The Balaban J connectivity index is 2.05. The highest BCUT2D eigenvalue weighted by Crippen LogP contribution is 2.40. The van der Waals surface area contributed by atoms with Crippen LogP contribution in [0.2, 0.25) is 0 Å². The minimum atomic E-state index is -3.48. The predicted octanol–water partition coefficient (Wildman–Crippen LogP) is 0.831. The van der Waals surface area contributed by atoms with Gasteiger partial charge in [-0.1, -0.05) is 12.1 Å². The third-order valence-corrected chi connectivity index (χ3v) is 5.54. The third kappa shape index (κ3) is 2.03. The molecule has 1 unspecified atom stereocenters. The zero-order valence-electron chi connectivity index (χ0n) is 10.0. The summed E-state index contributed by atoms with van der Waals surface area (Å²) in [6.07, 6.45) is 0.113. The molecule has 0 saturated heterocycles. The predicted molar refractivity (Wildman–Crippen MR) is 67.8 cm³/mol. The van der Waals surface area contributed by atoms with Gasteiger partial charge in [0.15, 0.2) is 0 Å². The van der Waals surface area contributed by atoms with Crippen molar-refractivity contribution in [1.29, 1.82) is 0 Å². The average molecular weight is 283 g/mol. The van der Waals surface area contributed by atoms with Crippen molar-refractivity contribution >= 4 is 21.7 Å². The number of ether oxygens (including phenoxy) is 1. The first-order chi connectivity index (χ1) is 9.00. The number of nitrogens with zero attached hydrogens (tertiary/aromatic N) is 1. The molecule has 1 heterocycles. The second kappa shape index (κ2) is 4.12. The largest absolute Gasteiger partial charge is 0.478 e. The lowest BCUT2D eigenvalue weighted by Gasteiger charge is -2.33. The van der Waals surface area contributed by atoms with Gasteiger partial charge < -0.3 is 9.84 Å². The molecule has 3 rings (SSSR count). The van der Waals surface area contributed by atoms with Gasteiger partial charge in [-0.3, -0.25) is 4.31 Å². The minimum Gasteiger partial charge on any atom is -0.478 e. The van der Waals surface area contributed by atoms with E-state index in [1.807, 2.05) is 0 Å². The summed E-state index contributed by atoms with van der Waals surface area (Å²) in [6.45, 7) is -0.175. The monoisotopic (exact) mass is 283 g/mol. The highest BCUT2D eigenvalue weighted by Gasteiger charge is 2.44. The molecule has 1 fully saturated rings. The first kappa shape index (κ1) is 12.3. The Morgan fingerprint density at radius 2 is 2.00 bits per heavy atom. The standard InChI is InChI=1S/C12H13NO5S/c14-12(15)11-7-13(19(16,17)8-5-6-8)9-3-1-2-4-10(9)18-11/h1-4,8,11H,5-7H2,(H,14,15). The molecule has 0 amide bonds. The van der Waals surface area contributed by atoms with Gasteiger partial charge in [0.2, 0.25) is 16.1 Å². The summed E-state index contributed by atoms with van der Waals surface area (Å²) < 4.78 is 31.2. The van der Waals surface area contributed by atoms with Crippen molar-refractivity contribution in [2.75, 3.05) is 10.8 Å². The van der Waals surface area contributed by atoms with E-state index in [2.05, 4.69) is 0 Å². The number of carboxylic acids is 1. The fourth-order valence-corrected chi connectivity index (χ4v) is 3.98. The van der Waals surface area contributed by atoms with E-state index in [9.17, 15) is 13.2 Å². The fourth-order valence-electron chi connectivity index (χ4n) is 2.12. The van der Waals surface area contributed by atoms with Gasteiger partial charge in [-0.15, -0.1) is 0 Å². The molecule has 0 aromatic heterocycles. The maximum absolute atomic E-state index is 12.4. The van der Waals surface area contributed by atoms with E-state index in [0.717, 1.165) is 0 Å². The van der Waals surface area contributed by atoms with Crippen molar-refractivity contribution in [2.45, 2.75) is 24.2 Å². The molecule has 1 aromatic rings. The summed E-state index contributed by atoms with van der Waals surface area (Å²) in [5.41, 5.74) is 0.423. The average Bonchev–Trinajstić information content (AvgIpc) is 3.21. The zero-order valence-corrected chi connectivity index (χ0v) is 10.8. The number of fused-ring (bicyclic) bond motifs is 1. The molecule has 19 heavy (non-hydrogen) atoms. The van der Waals surface area contributed by atoms with Crippen molar-refractivity contribution in [3.8, 4) is 5.75 Å². The van der Waals surface area contributed by atoms with Crippen LogP contribution in [0.3, 0.4) is 0 Å². The van der Waals surface area contributed by atoms with Gasteiger partial charge in [0.1, 0.15) is 5.75 Å². The Morgan fingerprint density at radius 3 is 2.63 bits per heavy atom. The molecular weight excluding hydrogens is 270 g/mol. The van der Waals surface area contributed by atoms with Crippen LogP contribution in [-0.4, -0.2) is 37.4 Å². The van der Waals surface area contributed by atoms with Crippen LogP contribution in [0.4, 0.5) is 5.69 Å². The molecule has 1 saturated carbocycles. The van der Waals surface area contributed by atoms with Gasteiger partial charge in [-0.05, 0) is 25.0 Å². The Bertz CT molecular complexity index is 623. The van der Waals surface area contributed by atoms with Crippen molar-refractivity contribution in [2.24, 2.45) is 0 Å². The van der Waals surface area contributed by atoms with Gasteiger partial charge in [0.25, 0.3) is 0 Å². The zero-order chi connectivity index (χ0) is 13.6. The number of para-hydroxylation sites is 2. The molecule has 1 aromatic carbocycles. The lowest BCUT2D eigenvalue weighted by atomic mass is 10.2. The van der Waals surface area contributed by atoms with E-state index >= 15 is 0 Å². The van der Waals surface area contributed by atoms with Gasteiger partial charge in [-0.25, -0.2) is 13.2 Å². The van der Waals surface area contributed by atoms with E-state index in [4.69, 9.17) is 9.84 Å². The topological polar surface area (TPSA) is 83.9 Å². The first-order valence-electron chi connectivity index (χ1n) is 6.00. The fraction of sp³-hybridized carbons (Fsp3) is 0.417. The van der Waals surface area contributed by atoms with E-state index in [1.165, 1.54) is 4.31 Å². The minimum absolute atomic E-state index is 0.175. The second-order valence-electron chi connectivity index (χ2n) is 4.69. The lowest BCUT2D eigenvalue weighted by Crippen LogP contribution is -2.48. The SMILES string of the molecule is O=C(O)C1CN(S(=O)(=O)C2CC2)c2ccccc2O1. The molecule has 2 aliphatic rings. The number of sulfonamides is 1. The molecule has 1 N–H and O–H groups in total. The summed E-state index contributed by atoms with van der Waals surface area (Å²) in [5.74, 6) is -0.865. The number of hydrogen-bond donors (Lipinski definition) is 1. The maximum Gasteiger partial charge on any atom is 0.346 e. The quantitative estimate of drug-likeness (QED) is 0.888. The Kier molecular flexibility index (Phi) is 2.67. The van der Waals surface area contributed by atoms with Crippen molar-refractivity contribution < 1.29 is 23.1 Å². The summed E-state index contributed by atoms with van der Waals surface area (Å²) >= 11 is 0. The Morgan fingerprint density at radius 1 is 1.32 bits per heavy atom. The molecular formula is C12H13NO5S. The number of anilines is 1. The van der Waals surface area contributed by atoms with Crippen LogP contribution in [-0.2, 0) is 14.8 Å². The molecule has 0 bridgehead atoms. The molecule has 102 valence electrons. The van der Waals surface area contributed by atoms with E-state index < -0.39 is 22.1 Å². The lowest BCUT2D eigenvalue weighted by molar-refractivity contribution is -0.144. The maximum atomic E-state index is 12.4. The molecule has 6 nitrogen and oxygen atoms in total. The van der Waals surface area contributed by atoms with E-state index in [0.29, 0.717) is 24.3 Å². The second-order valence-corrected chi connectivity index (χ2v) is 6.83. The van der Waals surface area contributed by atoms with Crippen molar-refractivity contribution in [3.05, 3.63) is 24.3 Å². The highest BCUT2D eigenvalue weighted by molar-refractivity contribution is 7.93. The van der Waals surface area contributed by atoms with Crippen LogP contribution in [0.25, 0.3) is 0 Å². The molecule has 1 aliphatic carbocycles. The first-order valence-corrected chi connectivity index (χ1v) is 7.50. The highest BCUT2D eigenvalue weighted by atomic mass is 32.2. The smallest absolute Gasteiger partial charge is 0.346 e. The van der Waals surface area contributed by atoms with E-state index in [1.54, 1.807) is 24.3 Å². The number of hydrogen-bond acceptors (Lipinski definition) is 4. The van der Waals surface area contributed by atoms with Crippen LogP contribution < -0.4 is 9.04 Å². The number of aliphatic carboxylic acids is 1.